The highest BCUT2D eigenvalue weighted by Gasteiger charge is 2.47. The van der Waals surface area contributed by atoms with E-state index in [1.807, 2.05) is 0 Å². The first-order valence-corrected chi connectivity index (χ1v) is 8.61. The van der Waals surface area contributed by atoms with Crippen LogP contribution in [0.5, 0.6) is 0 Å². The molecule has 1 fully saturated rings. The van der Waals surface area contributed by atoms with Gasteiger partial charge in [0.05, 0.1) is 6.04 Å². The summed E-state index contributed by atoms with van der Waals surface area (Å²) in [6, 6.07) is 10.8. The number of benzene rings is 1. The Morgan fingerprint density at radius 3 is 2.71 bits per heavy atom. The Morgan fingerprint density at radius 2 is 2.04 bits per heavy atom. The second-order valence-electron chi connectivity index (χ2n) is 7.22. The highest BCUT2D eigenvalue weighted by atomic mass is 16.5. The van der Waals surface area contributed by atoms with E-state index in [9.17, 15) is 4.79 Å². The molecule has 1 aliphatic heterocycles. The highest BCUT2D eigenvalue weighted by Crippen LogP contribution is 2.49. The molecule has 1 aliphatic carbocycles. The fourth-order valence-corrected chi connectivity index (χ4v) is 4.18. The van der Waals surface area contributed by atoms with Crippen LogP contribution in [-0.2, 0) is 0 Å². The summed E-state index contributed by atoms with van der Waals surface area (Å²) >= 11 is 0. The molecule has 5 nitrogen and oxygen atoms in total. The molecular formula is C19H23N3O2. The molecule has 24 heavy (non-hydrogen) atoms. The number of carbonyl (C=O) groups is 1. The van der Waals surface area contributed by atoms with Crippen LogP contribution in [0.3, 0.4) is 0 Å². The predicted octanol–water partition coefficient (Wildman–Crippen LogP) is 2.89. The molecule has 0 bridgehead atoms. The summed E-state index contributed by atoms with van der Waals surface area (Å²) in [6.45, 7) is 8.34. The fourth-order valence-electron chi connectivity index (χ4n) is 4.18. The van der Waals surface area contributed by atoms with E-state index >= 15 is 0 Å². The van der Waals surface area contributed by atoms with Crippen molar-refractivity contribution in [2.75, 3.05) is 13.1 Å². The Bertz CT molecular complexity index is 767. The maximum atomic E-state index is 12.6. The number of carbonyl (C=O) groups excluding carboxylic acids is 1. The molecule has 1 saturated heterocycles. The largest absolute Gasteiger partial charge is 0.361 e. The standard InChI is InChI=1S/C19H23N3O2/c1-11(2)22-9-15-13-6-4-5-7-14(13)18(16(15)10-22)20-19(23)17-8-12(3)24-21-17/h4-8,11,15-16,18H,9-10H2,1-3H3,(H,20,23)/t15-,16-,18+/m0/s1. The molecule has 2 aromatic rings. The Kier molecular flexibility index (Phi) is 3.68. The molecule has 1 N–H and O–H groups in total. The van der Waals surface area contributed by atoms with Crippen molar-refractivity contribution in [2.45, 2.75) is 38.8 Å². The van der Waals surface area contributed by atoms with Gasteiger partial charge in [-0.05, 0) is 31.9 Å². The summed E-state index contributed by atoms with van der Waals surface area (Å²) < 4.78 is 5.04. The van der Waals surface area contributed by atoms with E-state index in [0.717, 1.165) is 13.1 Å². The van der Waals surface area contributed by atoms with E-state index in [4.69, 9.17) is 4.52 Å². The first kappa shape index (κ1) is 15.4. The number of likely N-dealkylation sites (tertiary alicyclic amines) is 1. The van der Waals surface area contributed by atoms with E-state index in [0.29, 0.717) is 29.3 Å². The van der Waals surface area contributed by atoms with Gasteiger partial charge in [0.2, 0.25) is 0 Å². The lowest BCUT2D eigenvalue weighted by Crippen LogP contribution is -2.35. The molecule has 1 aromatic heterocycles. The third-order valence-electron chi connectivity index (χ3n) is 5.43. The number of fused-ring (bicyclic) bond motifs is 3. The Balaban J connectivity index is 1.63. The molecule has 0 radical (unpaired) electrons. The van der Waals surface area contributed by atoms with Crippen molar-refractivity contribution in [3.63, 3.8) is 0 Å². The number of rotatable bonds is 3. The Morgan fingerprint density at radius 1 is 1.29 bits per heavy atom. The van der Waals surface area contributed by atoms with Gasteiger partial charge in [-0.25, -0.2) is 0 Å². The normalized spacial score (nSPS) is 25.8. The topological polar surface area (TPSA) is 58.4 Å². The molecule has 1 amide bonds. The lowest BCUT2D eigenvalue weighted by molar-refractivity contribution is 0.0914. The van der Waals surface area contributed by atoms with Gasteiger partial charge in [-0.3, -0.25) is 9.69 Å². The molecule has 4 rings (SSSR count). The fraction of sp³-hybridized carbons (Fsp3) is 0.474. The molecule has 3 atom stereocenters. The number of aryl methyl sites for hydroxylation is 1. The molecule has 2 heterocycles. The van der Waals surface area contributed by atoms with Crippen LogP contribution in [-0.4, -0.2) is 35.1 Å². The highest BCUT2D eigenvalue weighted by molar-refractivity contribution is 5.92. The van der Waals surface area contributed by atoms with Crippen LogP contribution in [0.4, 0.5) is 0 Å². The minimum atomic E-state index is -0.157. The van der Waals surface area contributed by atoms with Crippen molar-refractivity contribution in [1.29, 1.82) is 0 Å². The van der Waals surface area contributed by atoms with Crippen LogP contribution >= 0.6 is 0 Å². The number of hydrogen-bond donors (Lipinski definition) is 1. The lowest BCUT2D eigenvalue weighted by atomic mass is 9.94. The summed E-state index contributed by atoms with van der Waals surface area (Å²) in [4.78, 5) is 15.1. The van der Waals surface area contributed by atoms with Crippen LogP contribution in [0.25, 0.3) is 0 Å². The summed E-state index contributed by atoms with van der Waals surface area (Å²) in [5.41, 5.74) is 2.99. The van der Waals surface area contributed by atoms with Crippen molar-refractivity contribution in [3.8, 4) is 0 Å². The average molecular weight is 325 g/mol. The quantitative estimate of drug-likeness (QED) is 0.943. The van der Waals surface area contributed by atoms with Crippen molar-refractivity contribution in [1.82, 2.24) is 15.4 Å². The van der Waals surface area contributed by atoms with E-state index in [-0.39, 0.29) is 11.9 Å². The molecule has 126 valence electrons. The number of nitrogens with one attached hydrogen (secondary N) is 1. The molecule has 0 spiro atoms. The maximum absolute atomic E-state index is 12.6. The van der Waals surface area contributed by atoms with Gasteiger partial charge in [-0.2, -0.15) is 0 Å². The van der Waals surface area contributed by atoms with Crippen molar-refractivity contribution in [2.24, 2.45) is 5.92 Å². The third-order valence-corrected chi connectivity index (χ3v) is 5.43. The van der Waals surface area contributed by atoms with E-state index in [1.165, 1.54) is 11.1 Å². The van der Waals surface area contributed by atoms with Crippen LogP contribution in [0.15, 0.2) is 34.9 Å². The SMILES string of the molecule is Cc1cc(C(=O)N[C@@H]2c3ccccc3[C@@H]3CN(C(C)C)C[C@H]23)no1. The van der Waals surface area contributed by atoms with Crippen LogP contribution < -0.4 is 5.32 Å². The zero-order valence-corrected chi connectivity index (χ0v) is 14.3. The maximum Gasteiger partial charge on any atom is 0.273 e. The molecule has 0 saturated carbocycles. The number of amides is 1. The second-order valence-corrected chi connectivity index (χ2v) is 7.22. The zero-order chi connectivity index (χ0) is 16.8. The first-order valence-electron chi connectivity index (χ1n) is 8.61. The van der Waals surface area contributed by atoms with E-state index in [2.05, 4.69) is 53.5 Å². The van der Waals surface area contributed by atoms with Crippen molar-refractivity contribution >= 4 is 5.91 Å². The van der Waals surface area contributed by atoms with Gasteiger partial charge in [0, 0.05) is 37.0 Å². The van der Waals surface area contributed by atoms with Gasteiger partial charge < -0.3 is 9.84 Å². The van der Waals surface area contributed by atoms with E-state index in [1.54, 1.807) is 13.0 Å². The van der Waals surface area contributed by atoms with Crippen LogP contribution in [0, 0.1) is 12.8 Å². The second kappa shape index (κ2) is 5.74. The average Bonchev–Trinajstić information content (AvgIpc) is 3.24. The molecular weight excluding hydrogens is 302 g/mol. The number of aromatic nitrogens is 1. The van der Waals surface area contributed by atoms with Crippen molar-refractivity contribution in [3.05, 3.63) is 52.9 Å². The summed E-state index contributed by atoms with van der Waals surface area (Å²) in [7, 11) is 0. The minimum Gasteiger partial charge on any atom is -0.361 e. The molecule has 2 aliphatic rings. The number of nitrogens with zero attached hydrogens (tertiary/aromatic N) is 2. The number of hydrogen-bond acceptors (Lipinski definition) is 4. The first-order chi connectivity index (χ1) is 11.5. The monoisotopic (exact) mass is 325 g/mol. The van der Waals surface area contributed by atoms with Crippen LogP contribution in [0.2, 0.25) is 0 Å². The van der Waals surface area contributed by atoms with Gasteiger partial charge in [-0.1, -0.05) is 29.4 Å². The third kappa shape index (κ3) is 2.44. The van der Waals surface area contributed by atoms with Gasteiger partial charge in [-0.15, -0.1) is 0 Å². The zero-order valence-electron chi connectivity index (χ0n) is 14.3. The van der Waals surface area contributed by atoms with Crippen LogP contribution in [0.1, 0.15) is 53.2 Å². The lowest BCUT2D eigenvalue weighted by Gasteiger charge is -2.24. The smallest absolute Gasteiger partial charge is 0.273 e. The Labute approximate surface area is 142 Å². The van der Waals surface area contributed by atoms with Gasteiger partial charge in [0.1, 0.15) is 5.76 Å². The van der Waals surface area contributed by atoms with Crippen molar-refractivity contribution < 1.29 is 9.32 Å². The Hall–Kier alpha value is -2.14. The molecule has 0 unspecified atom stereocenters. The summed E-state index contributed by atoms with van der Waals surface area (Å²) in [5.74, 6) is 1.40. The van der Waals surface area contributed by atoms with Gasteiger partial charge >= 0.3 is 0 Å². The summed E-state index contributed by atoms with van der Waals surface area (Å²) in [5, 5.41) is 7.05. The molecule has 5 heteroatoms. The van der Waals surface area contributed by atoms with E-state index < -0.39 is 0 Å². The van der Waals surface area contributed by atoms with Gasteiger partial charge in [0.15, 0.2) is 5.69 Å². The predicted molar refractivity (Wildman–Crippen MR) is 90.8 cm³/mol. The summed E-state index contributed by atoms with van der Waals surface area (Å²) in [6.07, 6.45) is 0. The minimum absolute atomic E-state index is 0.0412. The molecule has 1 aromatic carbocycles. The van der Waals surface area contributed by atoms with Gasteiger partial charge in [0.25, 0.3) is 5.91 Å².